The second-order valence-electron chi connectivity index (χ2n) is 4.55. The summed E-state index contributed by atoms with van der Waals surface area (Å²) in [6, 6.07) is 12.4. The number of hydrogen-bond acceptors (Lipinski definition) is 2. The van der Waals surface area contributed by atoms with E-state index in [1.54, 1.807) is 24.3 Å². The van der Waals surface area contributed by atoms with E-state index in [9.17, 15) is 9.90 Å². The number of aryl methyl sites for hydroxylation is 2. The molecule has 0 aromatic heterocycles. The first-order valence-corrected chi connectivity index (χ1v) is 6.15. The minimum absolute atomic E-state index is 0.103. The Labute approximate surface area is 113 Å². The average molecular weight is 252 g/mol. The number of phenols is 1. The van der Waals surface area contributed by atoms with Gasteiger partial charge in [-0.25, -0.2) is 0 Å². The number of ketones is 1. The lowest BCUT2D eigenvalue weighted by Crippen LogP contribution is -1.94. The summed E-state index contributed by atoms with van der Waals surface area (Å²) in [6.45, 7) is 4.04. The molecule has 0 unspecified atom stereocenters. The van der Waals surface area contributed by atoms with Crippen LogP contribution in [0.3, 0.4) is 0 Å². The van der Waals surface area contributed by atoms with Gasteiger partial charge >= 0.3 is 0 Å². The van der Waals surface area contributed by atoms with Gasteiger partial charge < -0.3 is 5.11 Å². The Morgan fingerprint density at radius 3 is 2.32 bits per heavy atom. The first kappa shape index (κ1) is 13.1. The molecule has 1 N–H and O–H groups in total. The number of rotatable bonds is 3. The van der Waals surface area contributed by atoms with E-state index in [4.69, 9.17) is 0 Å². The monoisotopic (exact) mass is 252 g/mol. The highest BCUT2D eigenvalue weighted by molar-refractivity contribution is 6.07. The maximum atomic E-state index is 12.0. The quantitative estimate of drug-likeness (QED) is 0.664. The lowest BCUT2D eigenvalue weighted by atomic mass is 10.0. The van der Waals surface area contributed by atoms with Gasteiger partial charge in [-0.1, -0.05) is 36.4 Å². The third kappa shape index (κ3) is 3.10. The minimum Gasteiger partial charge on any atom is -0.508 e. The van der Waals surface area contributed by atoms with Crippen LogP contribution in [0.1, 0.15) is 27.0 Å². The molecule has 96 valence electrons. The number of carbonyl (C=O) groups excluding carboxylic acids is 1. The van der Waals surface area contributed by atoms with Crippen LogP contribution in [0.5, 0.6) is 5.75 Å². The first-order chi connectivity index (χ1) is 9.08. The fourth-order valence-corrected chi connectivity index (χ4v) is 2.00. The molecule has 2 heteroatoms. The predicted molar refractivity (Wildman–Crippen MR) is 77.4 cm³/mol. The maximum Gasteiger partial charge on any atom is 0.185 e. The lowest BCUT2D eigenvalue weighted by Gasteiger charge is -2.04. The molecule has 2 aromatic carbocycles. The summed E-state index contributed by atoms with van der Waals surface area (Å²) >= 11 is 0. The highest BCUT2D eigenvalue weighted by Gasteiger charge is 2.03. The zero-order valence-electron chi connectivity index (χ0n) is 11.1. The Morgan fingerprint density at radius 1 is 1.05 bits per heavy atom. The number of hydrogen-bond donors (Lipinski definition) is 1. The number of benzene rings is 2. The smallest absolute Gasteiger partial charge is 0.185 e. The molecule has 0 spiro atoms. The zero-order chi connectivity index (χ0) is 13.8. The zero-order valence-corrected chi connectivity index (χ0v) is 11.1. The van der Waals surface area contributed by atoms with E-state index in [1.807, 2.05) is 38.1 Å². The van der Waals surface area contributed by atoms with Crippen molar-refractivity contribution in [2.75, 3.05) is 0 Å². The molecule has 0 aliphatic heterocycles. The van der Waals surface area contributed by atoms with Gasteiger partial charge in [0.05, 0.1) is 0 Å². The van der Waals surface area contributed by atoms with E-state index in [1.165, 1.54) is 6.07 Å². The first-order valence-electron chi connectivity index (χ1n) is 6.15. The lowest BCUT2D eigenvalue weighted by molar-refractivity contribution is 0.104. The molecule has 0 saturated carbocycles. The number of aromatic hydroxyl groups is 1. The number of allylic oxidation sites excluding steroid dienone is 1. The summed E-state index contributed by atoms with van der Waals surface area (Å²) in [5, 5.41) is 9.36. The van der Waals surface area contributed by atoms with Crippen LogP contribution in [-0.2, 0) is 0 Å². The summed E-state index contributed by atoms with van der Waals surface area (Å²) in [7, 11) is 0. The van der Waals surface area contributed by atoms with Crippen molar-refractivity contribution in [1.29, 1.82) is 0 Å². The molecule has 0 radical (unpaired) electrons. The van der Waals surface area contributed by atoms with Crippen molar-refractivity contribution in [3.05, 3.63) is 70.8 Å². The van der Waals surface area contributed by atoms with Gasteiger partial charge in [-0.3, -0.25) is 4.79 Å². The number of carbonyl (C=O) groups is 1. The van der Waals surface area contributed by atoms with Crippen LogP contribution in [0.15, 0.2) is 48.5 Å². The molecule has 2 rings (SSSR count). The SMILES string of the molecule is Cc1cccc(C)c1/C=C/C(=O)c1cccc(O)c1. The van der Waals surface area contributed by atoms with Gasteiger partial charge in [-0.2, -0.15) is 0 Å². The van der Waals surface area contributed by atoms with Crippen LogP contribution < -0.4 is 0 Å². The summed E-state index contributed by atoms with van der Waals surface area (Å²) in [4.78, 5) is 12.0. The normalized spacial score (nSPS) is 10.8. The third-order valence-corrected chi connectivity index (χ3v) is 3.07. The molecule has 0 saturated heterocycles. The van der Waals surface area contributed by atoms with Crippen molar-refractivity contribution in [3.63, 3.8) is 0 Å². The molecular formula is C17H16O2. The molecule has 2 nitrogen and oxygen atoms in total. The van der Waals surface area contributed by atoms with Gasteiger partial charge in [0.15, 0.2) is 5.78 Å². The van der Waals surface area contributed by atoms with E-state index in [-0.39, 0.29) is 11.5 Å². The van der Waals surface area contributed by atoms with Crippen molar-refractivity contribution in [2.45, 2.75) is 13.8 Å². The van der Waals surface area contributed by atoms with Crippen LogP contribution in [0, 0.1) is 13.8 Å². The Hall–Kier alpha value is -2.35. The van der Waals surface area contributed by atoms with Gasteiger partial charge in [-0.15, -0.1) is 0 Å². The van der Waals surface area contributed by atoms with Crippen LogP contribution >= 0.6 is 0 Å². The van der Waals surface area contributed by atoms with Gasteiger partial charge in [-0.05, 0) is 48.7 Å². The van der Waals surface area contributed by atoms with Crippen LogP contribution in [0.4, 0.5) is 0 Å². The Kier molecular flexibility index (Phi) is 3.81. The van der Waals surface area contributed by atoms with Crippen LogP contribution in [0.2, 0.25) is 0 Å². The molecule has 19 heavy (non-hydrogen) atoms. The largest absolute Gasteiger partial charge is 0.508 e. The molecule has 2 aromatic rings. The second-order valence-corrected chi connectivity index (χ2v) is 4.55. The molecule has 0 bridgehead atoms. The molecule has 0 aliphatic carbocycles. The van der Waals surface area contributed by atoms with Gasteiger partial charge in [0, 0.05) is 5.56 Å². The highest BCUT2D eigenvalue weighted by atomic mass is 16.3. The molecule has 0 amide bonds. The molecule has 0 heterocycles. The van der Waals surface area contributed by atoms with Crippen molar-refractivity contribution in [1.82, 2.24) is 0 Å². The maximum absolute atomic E-state index is 12.0. The standard InChI is InChI=1S/C17H16O2/c1-12-5-3-6-13(2)16(12)9-10-17(19)14-7-4-8-15(18)11-14/h3-11,18H,1-2H3/b10-9+. The minimum atomic E-state index is -0.112. The van der Waals surface area contributed by atoms with E-state index in [2.05, 4.69) is 0 Å². The third-order valence-electron chi connectivity index (χ3n) is 3.07. The average Bonchev–Trinajstić information content (AvgIpc) is 2.38. The summed E-state index contributed by atoms with van der Waals surface area (Å²) < 4.78 is 0. The van der Waals surface area contributed by atoms with Gasteiger partial charge in [0.25, 0.3) is 0 Å². The Bertz CT molecular complexity index is 619. The van der Waals surface area contributed by atoms with Crippen molar-refractivity contribution < 1.29 is 9.90 Å². The Morgan fingerprint density at radius 2 is 1.68 bits per heavy atom. The topological polar surface area (TPSA) is 37.3 Å². The molecular weight excluding hydrogens is 236 g/mol. The molecule has 0 fully saturated rings. The van der Waals surface area contributed by atoms with E-state index in [0.717, 1.165) is 16.7 Å². The fraction of sp³-hybridized carbons (Fsp3) is 0.118. The van der Waals surface area contributed by atoms with Gasteiger partial charge in [0.1, 0.15) is 5.75 Å². The predicted octanol–water partition coefficient (Wildman–Crippen LogP) is 3.91. The van der Waals surface area contributed by atoms with Gasteiger partial charge in [0.2, 0.25) is 0 Å². The van der Waals surface area contributed by atoms with Crippen molar-refractivity contribution >= 4 is 11.9 Å². The highest BCUT2D eigenvalue weighted by Crippen LogP contribution is 2.16. The molecule has 0 aliphatic rings. The summed E-state index contributed by atoms with van der Waals surface area (Å²) in [5.74, 6) is -0.00937. The van der Waals surface area contributed by atoms with Crippen molar-refractivity contribution in [2.24, 2.45) is 0 Å². The van der Waals surface area contributed by atoms with E-state index < -0.39 is 0 Å². The second kappa shape index (κ2) is 5.53. The van der Waals surface area contributed by atoms with Crippen molar-refractivity contribution in [3.8, 4) is 5.75 Å². The summed E-state index contributed by atoms with van der Waals surface area (Å²) in [5.41, 5.74) is 3.83. The van der Waals surface area contributed by atoms with E-state index >= 15 is 0 Å². The van der Waals surface area contributed by atoms with E-state index in [0.29, 0.717) is 5.56 Å². The number of phenolic OH excluding ortho intramolecular Hbond substituents is 1. The van der Waals surface area contributed by atoms with Crippen LogP contribution in [-0.4, -0.2) is 10.9 Å². The van der Waals surface area contributed by atoms with Crippen LogP contribution in [0.25, 0.3) is 6.08 Å². The Balaban J connectivity index is 2.26. The molecule has 0 atom stereocenters. The summed E-state index contributed by atoms with van der Waals surface area (Å²) in [6.07, 6.45) is 3.38. The fourth-order valence-electron chi connectivity index (χ4n) is 2.00.